The Morgan fingerprint density at radius 3 is 2.80 bits per heavy atom. The van der Waals surface area contributed by atoms with E-state index in [2.05, 4.69) is 4.99 Å². The molecule has 0 fully saturated rings. The molecule has 0 saturated heterocycles. The fraction of sp³-hybridized carbons (Fsp3) is 0.500. The molecule has 0 saturated carbocycles. The quantitative estimate of drug-likeness (QED) is 0.518. The minimum absolute atomic E-state index is 0.317. The van der Waals surface area contributed by atoms with E-state index >= 15 is 0 Å². The van der Waals surface area contributed by atoms with Crippen molar-refractivity contribution in [2.24, 2.45) is 10.7 Å². The predicted molar refractivity (Wildman–Crippen MR) is 37.5 cm³/mol. The maximum Gasteiger partial charge on any atom is 0.229 e. The van der Waals surface area contributed by atoms with Crippen LogP contribution in [0.5, 0.6) is 0 Å². The summed E-state index contributed by atoms with van der Waals surface area (Å²) in [7, 11) is 1.65. The summed E-state index contributed by atoms with van der Waals surface area (Å²) >= 11 is 0. The second-order valence-electron chi connectivity index (χ2n) is 1.81. The van der Waals surface area contributed by atoms with Crippen LogP contribution in [-0.2, 0) is 9.47 Å². The van der Waals surface area contributed by atoms with E-state index in [1.54, 1.807) is 7.05 Å². The van der Waals surface area contributed by atoms with Gasteiger partial charge in [-0.1, -0.05) is 0 Å². The maximum absolute atomic E-state index is 5.41. The normalized spacial score (nSPS) is 18.9. The van der Waals surface area contributed by atoms with Crippen molar-refractivity contribution in [3.05, 3.63) is 11.6 Å². The molecule has 1 aliphatic heterocycles. The summed E-state index contributed by atoms with van der Waals surface area (Å²) in [5.41, 5.74) is 5.41. The monoisotopic (exact) mass is 142 g/mol. The van der Waals surface area contributed by atoms with Crippen molar-refractivity contribution in [3.8, 4) is 0 Å². The number of hydrogen-bond donors (Lipinski definition) is 1. The van der Waals surface area contributed by atoms with E-state index in [1.165, 1.54) is 6.21 Å². The van der Waals surface area contributed by atoms with E-state index in [0.717, 1.165) is 0 Å². The molecule has 10 heavy (non-hydrogen) atoms. The Balaban J connectivity index is 2.68. The number of rotatable bonds is 1. The summed E-state index contributed by atoms with van der Waals surface area (Å²) in [5, 5.41) is 0. The van der Waals surface area contributed by atoms with Gasteiger partial charge in [0.25, 0.3) is 0 Å². The van der Waals surface area contributed by atoms with Gasteiger partial charge in [0.2, 0.25) is 5.88 Å². The molecular weight excluding hydrogens is 132 g/mol. The largest absolute Gasteiger partial charge is 0.483 e. The van der Waals surface area contributed by atoms with Crippen LogP contribution in [0.1, 0.15) is 0 Å². The highest BCUT2D eigenvalue weighted by Gasteiger charge is 2.08. The first-order chi connectivity index (χ1) is 4.84. The van der Waals surface area contributed by atoms with Crippen LogP contribution in [-0.4, -0.2) is 26.5 Å². The Labute approximate surface area is 59.3 Å². The zero-order valence-corrected chi connectivity index (χ0v) is 5.83. The molecule has 0 aromatic heterocycles. The van der Waals surface area contributed by atoms with Crippen molar-refractivity contribution in [2.75, 3.05) is 20.3 Å². The molecule has 56 valence electrons. The molecule has 0 spiro atoms. The smallest absolute Gasteiger partial charge is 0.229 e. The first-order valence-corrected chi connectivity index (χ1v) is 3.02. The Morgan fingerprint density at radius 2 is 2.20 bits per heavy atom. The van der Waals surface area contributed by atoms with Gasteiger partial charge in [0, 0.05) is 7.05 Å². The standard InChI is InChI=1S/C6H10N2O2/c1-8-4-5-6(7)10-3-2-9-5/h4H,2-3,7H2,1H3. The molecule has 4 heteroatoms. The minimum Gasteiger partial charge on any atom is -0.483 e. The van der Waals surface area contributed by atoms with Crippen LogP contribution < -0.4 is 5.73 Å². The zero-order chi connectivity index (χ0) is 7.40. The van der Waals surface area contributed by atoms with Crippen molar-refractivity contribution in [1.29, 1.82) is 0 Å². The molecule has 0 aliphatic carbocycles. The van der Waals surface area contributed by atoms with Gasteiger partial charge in [-0.25, -0.2) is 0 Å². The third-order valence-corrected chi connectivity index (χ3v) is 1.09. The molecule has 0 aromatic rings. The highest BCUT2D eigenvalue weighted by Crippen LogP contribution is 2.05. The van der Waals surface area contributed by atoms with Crippen molar-refractivity contribution in [2.45, 2.75) is 0 Å². The van der Waals surface area contributed by atoms with E-state index in [4.69, 9.17) is 15.2 Å². The number of aliphatic imine (C=N–C) groups is 1. The van der Waals surface area contributed by atoms with Gasteiger partial charge in [-0.15, -0.1) is 0 Å². The molecule has 0 atom stereocenters. The molecule has 0 amide bonds. The first-order valence-electron chi connectivity index (χ1n) is 3.02. The van der Waals surface area contributed by atoms with Crippen LogP contribution >= 0.6 is 0 Å². The Morgan fingerprint density at radius 1 is 1.50 bits per heavy atom. The summed E-state index contributed by atoms with van der Waals surface area (Å²) in [4.78, 5) is 3.74. The lowest BCUT2D eigenvalue weighted by Gasteiger charge is -2.16. The van der Waals surface area contributed by atoms with Gasteiger partial charge < -0.3 is 15.2 Å². The molecule has 0 unspecified atom stereocenters. The van der Waals surface area contributed by atoms with E-state index in [0.29, 0.717) is 24.9 Å². The van der Waals surface area contributed by atoms with Crippen LogP contribution in [0, 0.1) is 0 Å². The van der Waals surface area contributed by atoms with Gasteiger partial charge in [-0.2, -0.15) is 0 Å². The van der Waals surface area contributed by atoms with Crippen LogP contribution in [0.15, 0.2) is 16.6 Å². The number of allylic oxidation sites excluding steroid dienone is 1. The Bertz CT molecular complexity index is 175. The van der Waals surface area contributed by atoms with Crippen LogP contribution in [0.25, 0.3) is 0 Å². The third-order valence-electron chi connectivity index (χ3n) is 1.09. The molecule has 0 bridgehead atoms. The van der Waals surface area contributed by atoms with Crippen molar-refractivity contribution >= 4 is 6.21 Å². The van der Waals surface area contributed by atoms with Crippen molar-refractivity contribution < 1.29 is 9.47 Å². The molecule has 4 nitrogen and oxygen atoms in total. The van der Waals surface area contributed by atoms with Crippen LogP contribution in [0.2, 0.25) is 0 Å². The minimum atomic E-state index is 0.317. The molecule has 0 aromatic carbocycles. The predicted octanol–water partition coefficient (Wildman–Crippen LogP) is -0.138. The van der Waals surface area contributed by atoms with Gasteiger partial charge in [-0.05, 0) is 0 Å². The summed E-state index contributed by atoms with van der Waals surface area (Å²) in [6.45, 7) is 1.06. The summed E-state index contributed by atoms with van der Waals surface area (Å²) in [6.07, 6.45) is 1.54. The van der Waals surface area contributed by atoms with Gasteiger partial charge in [0.15, 0.2) is 5.76 Å². The Hall–Kier alpha value is -1.19. The highest BCUT2D eigenvalue weighted by atomic mass is 16.6. The highest BCUT2D eigenvalue weighted by molar-refractivity contribution is 5.76. The lowest BCUT2D eigenvalue weighted by molar-refractivity contribution is 0.0729. The number of nitrogens with zero attached hydrogens (tertiary/aromatic N) is 1. The molecular formula is C6H10N2O2. The molecule has 1 aliphatic rings. The van der Waals surface area contributed by atoms with Crippen molar-refractivity contribution in [1.82, 2.24) is 0 Å². The lowest BCUT2D eigenvalue weighted by Crippen LogP contribution is -2.19. The number of nitrogens with two attached hydrogens (primary N) is 1. The van der Waals surface area contributed by atoms with Crippen LogP contribution in [0.4, 0.5) is 0 Å². The van der Waals surface area contributed by atoms with Gasteiger partial charge in [0.1, 0.15) is 13.2 Å². The molecule has 0 radical (unpaired) electrons. The SMILES string of the molecule is CN=CC1=C(N)OCCO1. The van der Waals surface area contributed by atoms with Gasteiger partial charge in [0.05, 0.1) is 6.21 Å². The lowest BCUT2D eigenvalue weighted by atomic mass is 10.5. The third kappa shape index (κ3) is 1.40. The van der Waals surface area contributed by atoms with Gasteiger partial charge >= 0.3 is 0 Å². The second-order valence-corrected chi connectivity index (χ2v) is 1.81. The topological polar surface area (TPSA) is 56.8 Å². The average Bonchev–Trinajstić information content (AvgIpc) is 1.94. The first kappa shape index (κ1) is 6.92. The molecule has 1 heterocycles. The van der Waals surface area contributed by atoms with E-state index in [1.807, 2.05) is 0 Å². The van der Waals surface area contributed by atoms with E-state index < -0.39 is 0 Å². The summed E-state index contributed by atoms with van der Waals surface area (Å²) in [6, 6.07) is 0. The fourth-order valence-electron chi connectivity index (χ4n) is 0.664. The number of ether oxygens (including phenoxy) is 2. The average molecular weight is 142 g/mol. The van der Waals surface area contributed by atoms with Crippen LogP contribution in [0.3, 0.4) is 0 Å². The number of hydrogen-bond acceptors (Lipinski definition) is 4. The van der Waals surface area contributed by atoms with E-state index in [-0.39, 0.29) is 0 Å². The van der Waals surface area contributed by atoms with E-state index in [9.17, 15) is 0 Å². The second kappa shape index (κ2) is 3.10. The molecule has 2 N–H and O–H groups in total. The summed E-state index contributed by atoms with van der Waals surface area (Å²) < 4.78 is 10.1. The maximum atomic E-state index is 5.41. The van der Waals surface area contributed by atoms with Gasteiger partial charge in [-0.3, -0.25) is 4.99 Å². The van der Waals surface area contributed by atoms with Crippen molar-refractivity contribution in [3.63, 3.8) is 0 Å². The zero-order valence-electron chi connectivity index (χ0n) is 5.83. The fourth-order valence-corrected chi connectivity index (χ4v) is 0.664. The Kier molecular flexibility index (Phi) is 2.15. The summed E-state index contributed by atoms with van der Waals surface area (Å²) in [5.74, 6) is 0.839. The molecule has 1 rings (SSSR count).